The van der Waals surface area contributed by atoms with Gasteiger partial charge in [-0.15, -0.1) is 0 Å². The molecule has 0 radical (unpaired) electrons. The second-order valence-electron chi connectivity index (χ2n) is 10.1. The van der Waals surface area contributed by atoms with Gasteiger partial charge in [0.2, 0.25) is 5.91 Å². The zero-order chi connectivity index (χ0) is 22.6. The smallest absolute Gasteiger partial charge is 0.346 e. The molecule has 2 aromatic rings. The number of carbonyl (C=O) groups excluding carboxylic acids is 1. The van der Waals surface area contributed by atoms with Crippen LogP contribution in [0.25, 0.3) is 0 Å². The molecule has 1 aliphatic carbocycles. The third-order valence-electron chi connectivity index (χ3n) is 8.12. The Morgan fingerprint density at radius 3 is 2.64 bits per heavy atom. The highest BCUT2D eigenvalue weighted by atomic mass is 16.6. The van der Waals surface area contributed by atoms with E-state index in [4.69, 9.17) is 9.47 Å². The number of fused-ring (bicyclic) bond motifs is 4. The maximum absolute atomic E-state index is 13.6. The van der Waals surface area contributed by atoms with Gasteiger partial charge in [-0.3, -0.25) is 9.36 Å². The van der Waals surface area contributed by atoms with Crippen LogP contribution in [0, 0.1) is 0 Å². The van der Waals surface area contributed by atoms with Crippen LogP contribution in [0.4, 0.5) is 0 Å². The summed E-state index contributed by atoms with van der Waals surface area (Å²) in [6.45, 7) is 4.58. The lowest BCUT2D eigenvalue weighted by molar-refractivity contribution is -0.136. The molecule has 176 valence electrons. The van der Waals surface area contributed by atoms with Crippen molar-refractivity contribution in [2.75, 3.05) is 19.8 Å². The lowest BCUT2D eigenvalue weighted by Gasteiger charge is -2.46. The van der Waals surface area contributed by atoms with Gasteiger partial charge < -0.3 is 14.4 Å². The van der Waals surface area contributed by atoms with E-state index in [9.17, 15) is 9.59 Å². The minimum atomic E-state index is -0.152. The van der Waals surface area contributed by atoms with E-state index in [1.165, 1.54) is 10.2 Å². The Bertz CT molecular complexity index is 1140. The summed E-state index contributed by atoms with van der Waals surface area (Å²) in [6.07, 6.45) is 8.42. The second-order valence-corrected chi connectivity index (χ2v) is 10.1. The standard InChI is InChI=1S/C25H32N4O4/c1-17-18-13-20-21(33-12-11-32-20)14-19(18)25(8-4-5-9-25)16-28(17)23(30)15-29-24(31)27-10-6-2-3-7-22(27)26-29/h13-14,17H,2-12,15-16H2,1H3. The van der Waals surface area contributed by atoms with Gasteiger partial charge in [0.15, 0.2) is 11.5 Å². The van der Waals surface area contributed by atoms with Gasteiger partial charge in [-0.2, -0.15) is 5.10 Å². The average molecular weight is 453 g/mol. The van der Waals surface area contributed by atoms with Crippen LogP contribution in [0.5, 0.6) is 11.5 Å². The van der Waals surface area contributed by atoms with Gasteiger partial charge in [-0.25, -0.2) is 9.48 Å². The first-order chi connectivity index (χ1) is 16.1. The van der Waals surface area contributed by atoms with Crippen molar-refractivity contribution in [2.24, 2.45) is 0 Å². The van der Waals surface area contributed by atoms with Gasteiger partial charge in [0.25, 0.3) is 0 Å². The van der Waals surface area contributed by atoms with Crippen molar-refractivity contribution < 1.29 is 14.3 Å². The van der Waals surface area contributed by atoms with E-state index in [1.54, 1.807) is 4.57 Å². The van der Waals surface area contributed by atoms with E-state index >= 15 is 0 Å². The maximum Gasteiger partial charge on any atom is 0.346 e. The van der Waals surface area contributed by atoms with E-state index in [1.807, 2.05) is 4.90 Å². The zero-order valence-corrected chi connectivity index (χ0v) is 19.3. The quantitative estimate of drug-likeness (QED) is 0.700. The van der Waals surface area contributed by atoms with Gasteiger partial charge in [0.1, 0.15) is 25.6 Å². The molecule has 0 N–H and O–H groups in total. The Morgan fingerprint density at radius 1 is 1.09 bits per heavy atom. The highest BCUT2D eigenvalue weighted by Gasteiger charge is 2.46. The van der Waals surface area contributed by atoms with Gasteiger partial charge in [0.05, 0.1) is 6.04 Å². The first kappa shape index (κ1) is 20.8. The molecule has 1 aromatic heterocycles. The summed E-state index contributed by atoms with van der Waals surface area (Å²) in [5.74, 6) is 2.37. The van der Waals surface area contributed by atoms with Crippen molar-refractivity contribution in [2.45, 2.75) is 82.8 Å². The number of nitrogens with zero attached hydrogens (tertiary/aromatic N) is 4. The topological polar surface area (TPSA) is 78.6 Å². The predicted molar refractivity (Wildman–Crippen MR) is 122 cm³/mol. The largest absolute Gasteiger partial charge is 0.486 e. The number of carbonyl (C=O) groups is 1. The number of aromatic nitrogens is 3. The summed E-state index contributed by atoms with van der Waals surface area (Å²) in [5.41, 5.74) is 2.25. The summed E-state index contributed by atoms with van der Waals surface area (Å²) in [4.78, 5) is 28.5. The predicted octanol–water partition coefficient (Wildman–Crippen LogP) is 2.96. The minimum absolute atomic E-state index is 0.000855. The molecule has 1 fully saturated rings. The SMILES string of the molecule is CC1c2cc3c(cc2C2(CCCC2)CN1C(=O)Cn1nc2n(c1=O)CCCCC2)OCCO3. The van der Waals surface area contributed by atoms with E-state index in [-0.39, 0.29) is 29.6 Å². The van der Waals surface area contributed by atoms with E-state index in [0.717, 1.165) is 74.3 Å². The van der Waals surface area contributed by atoms with Crippen molar-refractivity contribution in [3.8, 4) is 11.5 Å². The summed E-state index contributed by atoms with van der Waals surface area (Å²) in [7, 11) is 0. The van der Waals surface area contributed by atoms with E-state index in [0.29, 0.717) is 26.3 Å². The molecule has 4 heterocycles. The van der Waals surface area contributed by atoms with Crippen LogP contribution in [-0.4, -0.2) is 44.9 Å². The highest BCUT2D eigenvalue weighted by Crippen LogP contribution is 2.51. The molecule has 1 aromatic carbocycles. The lowest BCUT2D eigenvalue weighted by atomic mass is 9.71. The van der Waals surface area contributed by atoms with E-state index < -0.39 is 0 Å². The van der Waals surface area contributed by atoms with Crippen molar-refractivity contribution >= 4 is 5.91 Å². The average Bonchev–Trinajstić information content (AvgIpc) is 3.32. The van der Waals surface area contributed by atoms with Crippen LogP contribution < -0.4 is 15.2 Å². The Kier molecular flexibility index (Phi) is 4.99. The molecule has 8 nitrogen and oxygen atoms in total. The Balaban J connectivity index is 1.33. The van der Waals surface area contributed by atoms with Gasteiger partial charge in [0, 0.05) is 24.9 Å². The third kappa shape index (κ3) is 3.37. The monoisotopic (exact) mass is 452 g/mol. The zero-order valence-electron chi connectivity index (χ0n) is 19.3. The number of benzene rings is 1. The fourth-order valence-corrected chi connectivity index (χ4v) is 6.36. The molecule has 4 aliphatic rings. The first-order valence-corrected chi connectivity index (χ1v) is 12.5. The molecule has 33 heavy (non-hydrogen) atoms. The van der Waals surface area contributed by atoms with Gasteiger partial charge >= 0.3 is 5.69 Å². The molecule has 1 amide bonds. The van der Waals surface area contributed by atoms with Crippen molar-refractivity contribution in [1.82, 2.24) is 19.2 Å². The Morgan fingerprint density at radius 2 is 1.85 bits per heavy atom. The van der Waals surface area contributed by atoms with Crippen LogP contribution in [-0.2, 0) is 29.7 Å². The molecule has 3 aliphatic heterocycles. The molecule has 1 atom stereocenters. The van der Waals surface area contributed by atoms with Crippen LogP contribution in [0.3, 0.4) is 0 Å². The fraction of sp³-hybridized carbons (Fsp3) is 0.640. The van der Waals surface area contributed by atoms with Gasteiger partial charge in [-0.05, 0) is 55.9 Å². The molecule has 6 rings (SSSR count). The molecular formula is C25H32N4O4. The number of ether oxygens (including phenoxy) is 2. The van der Waals surface area contributed by atoms with Crippen LogP contribution in [0.1, 0.15) is 74.9 Å². The number of rotatable bonds is 2. The molecular weight excluding hydrogens is 420 g/mol. The maximum atomic E-state index is 13.6. The molecule has 1 unspecified atom stereocenters. The third-order valence-corrected chi connectivity index (χ3v) is 8.12. The summed E-state index contributed by atoms with van der Waals surface area (Å²) >= 11 is 0. The number of aryl methyl sites for hydroxylation is 1. The van der Waals surface area contributed by atoms with Crippen molar-refractivity contribution in [3.63, 3.8) is 0 Å². The molecule has 1 spiro atoms. The number of hydrogen-bond acceptors (Lipinski definition) is 5. The lowest BCUT2D eigenvalue weighted by Crippen LogP contribution is -2.50. The van der Waals surface area contributed by atoms with Crippen molar-refractivity contribution in [3.05, 3.63) is 39.6 Å². The summed E-state index contributed by atoms with van der Waals surface area (Å²) in [6, 6.07) is 4.16. The number of hydrogen-bond donors (Lipinski definition) is 0. The summed E-state index contributed by atoms with van der Waals surface area (Å²) in [5, 5.41) is 4.54. The molecule has 0 bridgehead atoms. The molecule has 0 saturated heterocycles. The number of amides is 1. The molecule has 8 heteroatoms. The normalized spacial score (nSPS) is 23.2. The first-order valence-electron chi connectivity index (χ1n) is 12.5. The van der Waals surface area contributed by atoms with Crippen LogP contribution >= 0.6 is 0 Å². The van der Waals surface area contributed by atoms with E-state index in [2.05, 4.69) is 24.2 Å². The highest BCUT2D eigenvalue weighted by molar-refractivity contribution is 5.77. The fourth-order valence-electron chi connectivity index (χ4n) is 6.36. The second kappa shape index (κ2) is 7.92. The van der Waals surface area contributed by atoms with Gasteiger partial charge in [-0.1, -0.05) is 19.3 Å². The van der Waals surface area contributed by atoms with Crippen molar-refractivity contribution in [1.29, 1.82) is 0 Å². The Labute approximate surface area is 193 Å². The van der Waals surface area contributed by atoms with Crippen LogP contribution in [0.2, 0.25) is 0 Å². The summed E-state index contributed by atoms with van der Waals surface area (Å²) < 4.78 is 14.9. The minimum Gasteiger partial charge on any atom is -0.486 e. The van der Waals surface area contributed by atoms with Crippen LogP contribution in [0.15, 0.2) is 16.9 Å². The Hall–Kier alpha value is -2.77. The molecule has 1 saturated carbocycles.